The molecule has 3 heterocycles. The number of halogens is 1. The van der Waals surface area contributed by atoms with E-state index < -0.39 is 15.8 Å². The molecular weight excluding hydrogens is 547 g/mol. The Kier molecular flexibility index (Phi) is 6.69. The molecule has 1 N–H and O–H groups in total. The number of furan rings is 1. The van der Waals surface area contributed by atoms with Crippen LogP contribution in [0, 0.1) is 5.82 Å². The first-order valence-corrected chi connectivity index (χ1v) is 15.1. The topological polar surface area (TPSA) is 109 Å². The number of nitrogens with zero attached hydrogens (tertiary/aromatic N) is 3. The van der Waals surface area contributed by atoms with Gasteiger partial charge in [0.25, 0.3) is 11.9 Å². The molecule has 41 heavy (non-hydrogen) atoms. The van der Waals surface area contributed by atoms with Crippen molar-refractivity contribution in [3.63, 3.8) is 0 Å². The molecule has 9 nitrogen and oxygen atoms in total. The van der Waals surface area contributed by atoms with E-state index in [0.29, 0.717) is 45.9 Å². The molecule has 3 aromatic carbocycles. The SMILES string of the molecule is CNC(=O)c1c(-c2ccc(F)cc2)oc2cc(N(C)S(C)(=O)=O)c([C@H]3CCCN(c4nc5ccccc5o4)C3)cc12. The number of nitrogens with one attached hydrogen (secondary N) is 1. The maximum Gasteiger partial charge on any atom is 0.298 e. The second-order valence-corrected chi connectivity index (χ2v) is 12.3. The van der Waals surface area contributed by atoms with Gasteiger partial charge < -0.3 is 19.1 Å². The molecule has 0 spiro atoms. The number of amides is 1. The lowest BCUT2D eigenvalue weighted by molar-refractivity contribution is 0.0964. The van der Waals surface area contributed by atoms with E-state index in [9.17, 15) is 17.6 Å². The first-order valence-electron chi connectivity index (χ1n) is 13.3. The predicted molar refractivity (Wildman–Crippen MR) is 156 cm³/mol. The molecule has 1 atom stereocenters. The Labute approximate surface area is 236 Å². The van der Waals surface area contributed by atoms with Crippen LogP contribution in [0.25, 0.3) is 33.4 Å². The Morgan fingerprint density at radius 1 is 1.10 bits per heavy atom. The molecule has 0 saturated carbocycles. The van der Waals surface area contributed by atoms with E-state index in [0.717, 1.165) is 36.7 Å². The highest BCUT2D eigenvalue weighted by molar-refractivity contribution is 7.92. The fourth-order valence-electron chi connectivity index (χ4n) is 5.48. The van der Waals surface area contributed by atoms with Crippen LogP contribution >= 0.6 is 0 Å². The number of aromatic nitrogens is 1. The minimum Gasteiger partial charge on any atom is -0.455 e. The molecule has 0 unspecified atom stereocenters. The number of oxazole rings is 1. The lowest BCUT2D eigenvalue weighted by Crippen LogP contribution is -2.35. The maximum absolute atomic E-state index is 13.7. The zero-order valence-electron chi connectivity index (χ0n) is 22.8. The second kappa shape index (κ2) is 10.2. The number of piperidine rings is 1. The van der Waals surface area contributed by atoms with Gasteiger partial charge in [0.15, 0.2) is 5.58 Å². The van der Waals surface area contributed by atoms with Crippen molar-refractivity contribution in [1.82, 2.24) is 10.3 Å². The zero-order chi connectivity index (χ0) is 28.9. The van der Waals surface area contributed by atoms with Crippen LogP contribution in [-0.4, -0.2) is 52.7 Å². The monoisotopic (exact) mass is 576 g/mol. The summed E-state index contributed by atoms with van der Waals surface area (Å²) in [5, 5.41) is 3.22. The third-order valence-corrected chi connectivity index (χ3v) is 8.84. The van der Waals surface area contributed by atoms with E-state index in [1.807, 2.05) is 30.3 Å². The van der Waals surface area contributed by atoms with Crippen LogP contribution < -0.4 is 14.5 Å². The smallest absolute Gasteiger partial charge is 0.298 e. The highest BCUT2D eigenvalue weighted by atomic mass is 32.2. The Bertz CT molecular complexity index is 1850. The van der Waals surface area contributed by atoms with Crippen molar-refractivity contribution < 1.29 is 26.4 Å². The van der Waals surface area contributed by atoms with Gasteiger partial charge in [0.1, 0.15) is 22.7 Å². The van der Waals surface area contributed by atoms with Gasteiger partial charge in [0.2, 0.25) is 10.0 Å². The van der Waals surface area contributed by atoms with Gasteiger partial charge in [-0.25, -0.2) is 12.8 Å². The van der Waals surface area contributed by atoms with Crippen molar-refractivity contribution in [3.05, 3.63) is 77.6 Å². The quantitative estimate of drug-likeness (QED) is 0.284. The molecule has 0 aliphatic carbocycles. The van der Waals surface area contributed by atoms with Crippen LogP contribution in [0.15, 0.2) is 69.5 Å². The summed E-state index contributed by atoms with van der Waals surface area (Å²) in [4.78, 5) is 19.9. The summed E-state index contributed by atoms with van der Waals surface area (Å²) in [7, 11) is -0.589. The number of fused-ring (bicyclic) bond motifs is 2. The van der Waals surface area contributed by atoms with Crippen molar-refractivity contribution in [2.75, 3.05) is 42.6 Å². The molecule has 0 bridgehead atoms. The molecule has 212 valence electrons. The van der Waals surface area contributed by atoms with Crippen LogP contribution in [0.1, 0.15) is 34.7 Å². The number of carbonyl (C=O) groups excluding carboxylic acids is 1. The molecular formula is C30H29FN4O5S. The third-order valence-electron chi connectivity index (χ3n) is 7.65. The molecule has 5 aromatic rings. The van der Waals surface area contributed by atoms with Gasteiger partial charge in [-0.3, -0.25) is 9.10 Å². The molecule has 1 saturated heterocycles. The predicted octanol–water partition coefficient (Wildman–Crippen LogP) is 5.52. The number of carbonyl (C=O) groups is 1. The molecule has 6 rings (SSSR count). The van der Waals surface area contributed by atoms with E-state index in [4.69, 9.17) is 8.83 Å². The number of rotatable bonds is 6. The first kappa shape index (κ1) is 26.8. The fourth-order valence-corrected chi connectivity index (χ4v) is 6.00. The van der Waals surface area contributed by atoms with Gasteiger partial charge in [0, 0.05) is 50.1 Å². The summed E-state index contributed by atoms with van der Waals surface area (Å²) in [6.07, 6.45) is 2.78. The Balaban J connectivity index is 1.50. The largest absolute Gasteiger partial charge is 0.455 e. The summed E-state index contributed by atoms with van der Waals surface area (Å²) < 4.78 is 52.6. The van der Waals surface area contributed by atoms with Gasteiger partial charge in [-0.15, -0.1) is 0 Å². The van der Waals surface area contributed by atoms with Crippen molar-refractivity contribution in [1.29, 1.82) is 0 Å². The van der Waals surface area contributed by atoms with Crippen molar-refractivity contribution in [2.45, 2.75) is 18.8 Å². The highest BCUT2D eigenvalue weighted by Gasteiger charge is 2.31. The Hall–Kier alpha value is -4.38. The van der Waals surface area contributed by atoms with E-state index >= 15 is 0 Å². The summed E-state index contributed by atoms with van der Waals surface area (Å²) in [5.41, 5.74) is 3.88. The van der Waals surface area contributed by atoms with Crippen LogP contribution in [0.3, 0.4) is 0 Å². The molecule has 1 aliphatic rings. The Morgan fingerprint density at radius 2 is 1.85 bits per heavy atom. The van der Waals surface area contributed by atoms with Crippen LogP contribution in [-0.2, 0) is 10.0 Å². The lowest BCUT2D eigenvalue weighted by atomic mass is 9.88. The molecule has 0 radical (unpaired) electrons. The number of hydrogen-bond donors (Lipinski definition) is 1. The third kappa shape index (κ3) is 4.90. The van der Waals surface area contributed by atoms with Gasteiger partial charge in [-0.05, 0) is 60.9 Å². The summed E-state index contributed by atoms with van der Waals surface area (Å²) >= 11 is 0. The van der Waals surface area contributed by atoms with Crippen LogP contribution in [0.4, 0.5) is 16.1 Å². The normalized spacial score (nSPS) is 15.9. The van der Waals surface area contributed by atoms with Gasteiger partial charge in [0.05, 0.1) is 17.5 Å². The lowest BCUT2D eigenvalue weighted by Gasteiger charge is -2.34. The van der Waals surface area contributed by atoms with Gasteiger partial charge >= 0.3 is 0 Å². The van der Waals surface area contributed by atoms with Crippen LogP contribution in [0.5, 0.6) is 0 Å². The Morgan fingerprint density at radius 3 is 2.56 bits per heavy atom. The number of para-hydroxylation sites is 2. The molecule has 1 amide bonds. The first-order chi connectivity index (χ1) is 19.6. The molecule has 1 fully saturated rings. The summed E-state index contributed by atoms with van der Waals surface area (Å²) in [5.74, 6) is -0.591. The van der Waals surface area contributed by atoms with E-state index in [1.54, 1.807) is 18.2 Å². The van der Waals surface area contributed by atoms with Gasteiger partial charge in [-0.1, -0.05) is 12.1 Å². The molecule has 1 aliphatic heterocycles. The number of anilines is 2. The average molecular weight is 577 g/mol. The van der Waals surface area contributed by atoms with E-state index in [-0.39, 0.29) is 17.6 Å². The van der Waals surface area contributed by atoms with E-state index in [2.05, 4.69) is 15.2 Å². The fraction of sp³-hybridized carbons (Fsp3) is 0.267. The average Bonchev–Trinajstić information content (AvgIpc) is 3.57. The number of sulfonamides is 1. The summed E-state index contributed by atoms with van der Waals surface area (Å²) in [6, 6.07) is 17.3. The van der Waals surface area contributed by atoms with Crippen LogP contribution in [0.2, 0.25) is 0 Å². The number of hydrogen-bond acceptors (Lipinski definition) is 7. The maximum atomic E-state index is 13.7. The second-order valence-electron chi connectivity index (χ2n) is 10.3. The summed E-state index contributed by atoms with van der Waals surface area (Å²) in [6.45, 7) is 1.29. The van der Waals surface area contributed by atoms with E-state index in [1.165, 1.54) is 30.5 Å². The minimum absolute atomic E-state index is 0.0935. The zero-order valence-corrected chi connectivity index (χ0v) is 23.7. The van der Waals surface area contributed by atoms with Crippen molar-refractivity contribution in [2.24, 2.45) is 0 Å². The van der Waals surface area contributed by atoms with Crippen molar-refractivity contribution in [3.8, 4) is 11.3 Å². The minimum atomic E-state index is -3.62. The van der Waals surface area contributed by atoms with Gasteiger partial charge in [-0.2, -0.15) is 4.98 Å². The molecule has 2 aromatic heterocycles. The molecule has 11 heteroatoms. The van der Waals surface area contributed by atoms with Crippen molar-refractivity contribution >= 4 is 49.7 Å². The highest BCUT2D eigenvalue weighted by Crippen LogP contribution is 2.42. The standard InChI is InChI=1S/C30H29FN4O5S/c1-32-29(36)27-22-15-21(19-7-6-14-35(17-19)30-33-23-8-4-5-9-25(23)40-30)24(34(2)41(3,37)38)16-26(22)39-28(27)18-10-12-20(31)13-11-18/h4-5,8-13,15-16,19H,6-7,14,17H2,1-3H3,(H,32,36)/t19-/m0/s1. The number of benzene rings is 3.